The van der Waals surface area contributed by atoms with Crippen LogP contribution in [0.3, 0.4) is 0 Å². The van der Waals surface area contributed by atoms with E-state index in [-0.39, 0.29) is 5.60 Å². The van der Waals surface area contributed by atoms with Gasteiger partial charge in [0.15, 0.2) is 0 Å². The molecule has 1 aromatic rings. The van der Waals surface area contributed by atoms with E-state index in [9.17, 15) is 4.79 Å². The van der Waals surface area contributed by atoms with E-state index in [2.05, 4.69) is 36.0 Å². The highest BCUT2D eigenvalue weighted by atomic mass is 16.5. The maximum absolute atomic E-state index is 9.60. The number of rotatable bonds is 2. The topological polar surface area (TPSA) is 64.3 Å². The summed E-state index contributed by atoms with van der Waals surface area (Å²) in [5.74, 6) is 0.706. The maximum atomic E-state index is 9.60. The molecule has 4 nitrogen and oxygen atoms in total. The van der Waals surface area contributed by atoms with Crippen LogP contribution < -0.4 is 11.1 Å². The first kappa shape index (κ1) is 16.5. The van der Waals surface area contributed by atoms with Crippen molar-refractivity contribution >= 4 is 12.2 Å². The zero-order valence-electron chi connectivity index (χ0n) is 13.1. The largest absolute Gasteiger partial charge is 0.462 e. The van der Waals surface area contributed by atoms with Crippen LogP contribution in [-0.4, -0.2) is 25.2 Å². The maximum Gasteiger partial charge on any atom is 0.293 e. The molecule has 1 aliphatic rings. The summed E-state index contributed by atoms with van der Waals surface area (Å²) in [7, 11) is 0. The van der Waals surface area contributed by atoms with Crippen LogP contribution in [0.1, 0.15) is 43.4 Å². The minimum absolute atomic E-state index is 0.318. The molecule has 0 unspecified atom stereocenters. The minimum Gasteiger partial charge on any atom is -0.462 e. The zero-order chi connectivity index (χ0) is 15.3. The predicted molar refractivity (Wildman–Crippen MR) is 82.8 cm³/mol. The third-order valence-corrected chi connectivity index (χ3v) is 3.27. The van der Waals surface area contributed by atoms with Gasteiger partial charge in [0.05, 0.1) is 0 Å². The van der Waals surface area contributed by atoms with E-state index >= 15 is 0 Å². The fourth-order valence-corrected chi connectivity index (χ4v) is 1.91. The Morgan fingerprint density at radius 2 is 1.75 bits per heavy atom. The van der Waals surface area contributed by atoms with E-state index in [1.807, 2.05) is 20.8 Å². The van der Waals surface area contributed by atoms with Crippen LogP contribution in [0.25, 0.3) is 0 Å². The number of nitrogen functional groups attached to an aromatic ring is 1. The third-order valence-electron chi connectivity index (χ3n) is 3.27. The number of benzene rings is 1. The van der Waals surface area contributed by atoms with Gasteiger partial charge in [0.25, 0.3) is 6.47 Å². The SMILES string of the molecule is CC(C)(C)OC=O.Cc1cc(C2CNC2)cc(C)c1N. The molecule has 20 heavy (non-hydrogen) atoms. The number of nitrogens with two attached hydrogens (primary N) is 1. The van der Waals surface area contributed by atoms with Crippen LogP contribution in [-0.2, 0) is 9.53 Å². The Bertz CT molecular complexity index is 437. The van der Waals surface area contributed by atoms with E-state index in [0.717, 1.165) is 18.8 Å². The van der Waals surface area contributed by atoms with Crippen molar-refractivity contribution in [2.45, 2.75) is 46.1 Å². The number of carbonyl (C=O) groups excluding carboxylic acids is 1. The van der Waals surface area contributed by atoms with Gasteiger partial charge in [0.1, 0.15) is 5.60 Å². The molecule has 1 aromatic carbocycles. The second-order valence-corrected chi connectivity index (χ2v) is 6.25. The van der Waals surface area contributed by atoms with Gasteiger partial charge in [-0.3, -0.25) is 4.79 Å². The molecule has 0 radical (unpaired) electrons. The van der Waals surface area contributed by atoms with Crippen molar-refractivity contribution in [1.29, 1.82) is 0 Å². The highest BCUT2D eigenvalue weighted by molar-refractivity contribution is 5.55. The van der Waals surface area contributed by atoms with Crippen molar-refractivity contribution in [3.63, 3.8) is 0 Å². The Morgan fingerprint density at radius 1 is 1.25 bits per heavy atom. The molecule has 112 valence electrons. The Kier molecular flexibility index (Phi) is 5.57. The van der Waals surface area contributed by atoms with Crippen molar-refractivity contribution < 1.29 is 9.53 Å². The van der Waals surface area contributed by atoms with Crippen LogP contribution in [0.5, 0.6) is 0 Å². The monoisotopic (exact) mass is 278 g/mol. The third kappa shape index (κ3) is 4.85. The van der Waals surface area contributed by atoms with Crippen LogP contribution in [0.4, 0.5) is 5.69 Å². The van der Waals surface area contributed by atoms with Crippen molar-refractivity contribution in [1.82, 2.24) is 5.32 Å². The Hall–Kier alpha value is -1.55. The van der Waals surface area contributed by atoms with Crippen LogP contribution in [0.2, 0.25) is 0 Å². The number of carbonyl (C=O) groups is 1. The normalized spacial score (nSPS) is 14.8. The number of nitrogens with one attached hydrogen (secondary N) is 1. The van der Waals surface area contributed by atoms with Crippen LogP contribution in [0, 0.1) is 13.8 Å². The van der Waals surface area contributed by atoms with E-state index in [1.54, 1.807) is 0 Å². The lowest BCUT2D eigenvalue weighted by Crippen LogP contribution is -2.39. The zero-order valence-corrected chi connectivity index (χ0v) is 13.1. The Morgan fingerprint density at radius 3 is 2.00 bits per heavy atom. The van der Waals surface area contributed by atoms with Crippen molar-refractivity contribution in [2.24, 2.45) is 0 Å². The molecule has 0 bridgehead atoms. The molecule has 0 aromatic heterocycles. The molecular formula is C16H26N2O2. The van der Waals surface area contributed by atoms with Gasteiger partial charge in [-0.1, -0.05) is 12.1 Å². The summed E-state index contributed by atoms with van der Waals surface area (Å²) in [5, 5.41) is 3.28. The van der Waals surface area contributed by atoms with Gasteiger partial charge in [0.2, 0.25) is 0 Å². The van der Waals surface area contributed by atoms with Crippen molar-refractivity contribution in [3.8, 4) is 0 Å². The van der Waals surface area contributed by atoms with Gasteiger partial charge < -0.3 is 15.8 Å². The number of hydrogen-bond acceptors (Lipinski definition) is 4. The molecule has 1 saturated heterocycles. The quantitative estimate of drug-likeness (QED) is 0.644. The number of hydrogen-bond donors (Lipinski definition) is 2. The molecule has 0 amide bonds. The van der Waals surface area contributed by atoms with E-state index < -0.39 is 0 Å². The fourth-order valence-electron chi connectivity index (χ4n) is 1.91. The first-order valence-corrected chi connectivity index (χ1v) is 6.93. The molecule has 0 aliphatic carbocycles. The summed E-state index contributed by atoms with van der Waals surface area (Å²) >= 11 is 0. The molecule has 0 saturated carbocycles. The molecule has 1 heterocycles. The summed E-state index contributed by atoms with van der Waals surface area (Å²) in [5.41, 5.74) is 10.4. The van der Waals surface area contributed by atoms with Gasteiger partial charge in [-0.25, -0.2) is 0 Å². The van der Waals surface area contributed by atoms with Gasteiger partial charge in [-0.2, -0.15) is 0 Å². The summed E-state index contributed by atoms with van der Waals surface area (Å²) in [4.78, 5) is 9.60. The Balaban J connectivity index is 0.000000246. The van der Waals surface area contributed by atoms with Gasteiger partial charge >= 0.3 is 0 Å². The molecule has 1 fully saturated rings. The molecule has 1 aliphatic heterocycles. The standard InChI is InChI=1S/C11H16N2.C5H10O2/c1-7-3-9(10-5-13-6-10)4-8(2)11(7)12;1-5(2,3)7-4-6/h3-4,10,13H,5-6,12H2,1-2H3;4H,1-3H3. The highest BCUT2D eigenvalue weighted by Crippen LogP contribution is 2.26. The van der Waals surface area contributed by atoms with Gasteiger partial charge in [0, 0.05) is 24.7 Å². The molecule has 0 atom stereocenters. The first-order valence-electron chi connectivity index (χ1n) is 6.93. The smallest absolute Gasteiger partial charge is 0.293 e. The Labute approximate surface area is 121 Å². The van der Waals surface area contributed by atoms with Crippen molar-refractivity contribution in [3.05, 3.63) is 28.8 Å². The lowest BCUT2D eigenvalue weighted by Gasteiger charge is -2.28. The summed E-state index contributed by atoms with van der Waals surface area (Å²) < 4.78 is 4.55. The molecule has 2 rings (SSSR count). The number of ether oxygens (including phenoxy) is 1. The molecule has 0 spiro atoms. The molecular weight excluding hydrogens is 252 g/mol. The fraction of sp³-hybridized carbons (Fsp3) is 0.562. The summed E-state index contributed by atoms with van der Waals surface area (Å²) in [6.45, 7) is 12.3. The molecule has 4 heteroatoms. The first-order chi connectivity index (χ1) is 9.24. The van der Waals surface area contributed by atoms with E-state index in [0.29, 0.717) is 12.4 Å². The van der Waals surface area contributed by atoms with Crippen LogP contribution in [0.15, 0.2) is 12.1 Å². The number of aryl methyl sites for hydroxylation is 2. The lowest BCUT2D eigenvalue weighted by molar-refractivity contribution is -0.138. The van der Waals surface area contributed by atoms with Crippen molar-refractivity contribution in [2.75, 3.05) is 18.8 Å². The van der Waals surface area contributed by atoms with E-state index in [4.69, 9.17) is 5.73 Å². The molecule has 3 N–H and O–H groups in total. The average Bonchev–Trinajstić information content (AvgIpc) is 2.22. The summed E-state index contributed by atoms with van der Waals surface area (Å²) in [6, 6.07) is 4.43. The van der Waals surface area contributed by atoms with Gasteiger partial charge in [-0.15, -0.1) is 0 Å². The minimum atomic E-state index is -0.318. The number of anilines is 1. The van der Waals surface area contributed by atoms with Crippen LogP contribution >= 0.6 is 0 Å². The van der Waals surface area contributed by atoms with Gasteiger partial charge in [-0.05, 0) is 51.3 Å². The predicted octanol–water partition coefficient (Wildman–Crippen LogP) is 2.53. The second-order valence-electron chi connectivity index (χ2n) is 6.25. The van der Waals surface area contributed by atoms with E-state index in [1.165, 1.54) is 16.7 Å². The summed E-state index contributed by atoms with van der Waals surface area (Å²) in [6.07, 6.45) is 0. The average molecular weight is 278 g/mol. The second kappa shape index (κ2) is 6.75. The highest BCUT2D eigenvalue weighted by Gasteiger charge is 2.19. The lowest BCUT2D eigenvalue weighted by atomic mass is 9.90.